The largest absolute Gasteiger partial charge is 0.430 e. The first-order valence-corrected chi connectivity index (χ1v) is 8.84. The Labute approximate surface area is 137 Å². The molecular weight excluding hydrogens is 314 g/mol. The maximum atomic E-state index is 13.1. The minimum absolute atomic E-state index is 0.142. The molecule has 23 heavy (non-hydrogen) atoms. The molecule has 2 rings (SSSR count). The summed E-state index contributed by atoms with van der Waals surface area (Å²) in [6.07, 6.45) is 3.62. The molecule has 2 atom stereocenters. The van der Waals surface area contributed by atoms with E-state index in [0.29, 0.717) is 11.1 Å². The molecule has 0 spiro atoms. The van der Waals surface area contributed by atoms with E-state index in [2.05, 4.69) is 5.92 Å². The van der Waals surface area contributed by atoms with Crippen LogP contribution in [0.4, 0.5) is 4.79 Å². The third kappa shape index (κ3) is 2.81. The van der Waals surface area contributed by atoms with E-state index >= 15 is 0 Å². The van der Waals surface area contributed by atoms with Crippen LogP contribution in [0.2, 0.25) is 0 Å². The Morgan fingerprint density at radius 3 is 2.17 bits per heavy atom. The molecule has 0 aliphatic carbocycles. The van der Waals surface area contributed by atoms with Crippen molar-refractivity contribution < 1.29 is 17.9 Å². The number of terminal acetylenes is 1. The van der Waals surface area contributed by atoms with E-state index in [1.807, 2.05) is 20.8 Å². The number of ether oxygens (including phenoxy) is 1. The van der Waals surface area contributed by atoms with Gasteiger partial charge in [0.25, 0.3) is 10.0 Å². The topological polar surface area (TPSA) is 63.7 Å². The lowest BCUT2D eigenvalue weighted by Crippen LogP contribution is -2.44. The zero-order valence-corrected chi connectivity index (χ0v) is 14.8. The predicted molar refractivity (Wildman–Crippen MR) is 87.4 cm³/mol. The smallest absolute Gasteiger partial charge is 0.425 e. The van der Waals surface area contributed by atoms with Crippen molar-refractivity contribution in [2.45, 2.75) is 51.7 Å². The second kappa shape index (κ2) is 5.89. The minimum atomic E-state index is -4.04. The van der Waals surface area contributed by atoms with Crippen LogP contribution in [0.1, 0.15) is 30.5 Å². The van der Waals surface area contributed by atoms with Gasteiger partial charge in [-0.25, -0.2) is 13.2 Å². The number of carbonyl (C=O) groups excluding carboxylic acids is 1. The summed E-state index contributed by atoms with van der Waals surface area (Å²) in [5.41, 5.74) is 2.16. The number of sulfonamides is 1. The quantitative estimate of drug-likeness (QED) is 0.797. The fourth-order valence-corrected chi connectivity index (χ4v) is 5.20. The Balaban J connectivity index is 2.64. The molecule has 0 bridgehead atoms. The molecule has 1 fully saturated rings. The van der Waals surface area contributed by atoms with Crippen LogP contribution in [-0.4, -0.2) is 31.0 Å². The standard InChI is InChI=1S/C17H21NO4S/c1-7-14-15(10(2)3)18(17(19)22-14)23(20,21)16-12(5)8-11(4)9-13(16)6/h1,8-10,14-15H,2-6H3/t14-,15-/m0/s1. The maximum absolute atomic E-state index is 13.1. The molecular formula is C17H21NO4S. The average molecular weight is 335 g/mol. The minimum Gasteiger partial charge on any atom is -0.430 e. The second-order valence-corrected chi connectivity index (χ2v) is 7.99. The highest BCUT2D eigenvalue weighted by atomic mass is 32.2. The number of benzene rings is 1. The van der Waals surface area contributed by atoms with Gasteiger partial charge < -0.3 is 4.74 Å². The van der Waals surface area contributed by atoms with Crippen molar-refractivity contribution in [2.24, 2.45) is 5.92 Å². The van der Waals surface area contributed by atoms with E-state index in [9.17, 15) is 13.2 Å². The molecule has 1 aromatic carbocycles. The zero-order valence-electron chi connectivity index (χ0n) is 14.0. The summed E-state index contributed by atoms with van der Waals surface area (Å²) < 4.78 is 32.2. The molecule has 0 unspecified atom stereocenters. The van der Waals surface area contributed by atoms with Crippen molar-refractivity contribution in [2.75, 3.05) is 0 Å². The van der Waals surface area contributed by atoms with E-state index in [4.69, 9.17) is 11.2 Å². The highest BCUT2D eigenvalue weighted by molar-refractivity contribution is 7.89. The fourth-order valence-electron chi connectivity index (χ4n) is 3.16. The Morgan fingerprint density at radius 1 is 1.22 bits per heavy atom. The number of hydrogen-bond donors (Lipinski definition) is 0. The Kier molecular flexibility index (Phi) is 4.45. The molecule has 6 heteroatoms. The Bertz CT molecular complexity index is 766. The summed E-state index contributed by atoms with van der Waals surface area (Å²) in [7, 11) is -4.04. The van der Waals surface area contributed by atoms with Crippen LogP contribution in [0, 0.1) is 39.0 Å². The molecule has 0 N–H and O–H groups in total. The number of cyclic esters (lactones) is 1. The van der Waals surface area contributed by atoms with Crippen molar-refractivity contribution in [1.29, 1.82) is 0 Å². The van der Waals surface area contributed by atoms with E-state index in [-0.39, 0.29) is 10.8 Å². The van der Waals surface area contributed by atoms with Gasteiger partial charge >= 0.3 is 6.09 Å². The van der Waals surface area contributed by atoms with Crippen LogP contribution in [0.15, 0.2) is 17.0 Å². The molecule has 1 aliphatic rings. The normalized spacial score (nSPS) is 21.4. The monoisotopic (exact) mass is 335 g/mol. The number of nitrogens with zero attached hydrogens (tertiary/aromatic N) is 1. The van der Waals surface area contributed by atoms with Gasteiger partial charge in [0.1, 0.15) is 6.04 Å². The van der Waals surface area contributed by atoms with Gasteiger partial charge in [0.15, 0.2) is 6.10 Å². The molecule has 1 saturated heterocycles. The molecule has 0 aromatic heterocycles. The lowest BCUT2D eigenvalue weighted by atomic mass is 10.00. The third-order valence-corrected chi connectivity index (χ3v) is 6.03. The average Bonchev–Trinajstić information content (AvgIpc) is 2.74. The summed E-state index contributed by atoms with van der Waals surface area (Å²) in [6, 6.07) is 2.85. The lowest BCUT2D eigenvalue weighted by Gasteiger charge is -2.26. The van der Waals surface area contributed by atoms with Crippen molar-refractivity contribution in [1.82, 2.24) is 4.31 Å². The third-order valence-electron chi connectivity index (χ3n) is 3.96. The molecule has 1 aromatic rings. The van der Waals surface area contributed by atoms with Gasteiger partial charge in [-0.2, -0.15) is 4.31 Å². The van der Waals surface area contributed by atoms with Crippen molar-refractivity contribution in [3.05, 3.63) is 28.8 Å². The van der Waals surface area contributed by atoms with Gasteiger partial charge in [0, 0.05) is 0 Å². The molecule has 0 radical (unpaired) electrons. The van der Waals surface area contributed by atoms with Crippen LogP contribution in [0.5, 0.6) is 0 Å². The van der Waals surface area contributed by atoms with Gasteiger partial charge in [-0.15, -0.1) is 6.42 Å². The van der Waals surface area contributed by atoms with Crippen LogP contribution in [-0.2, 0) is 14.8 Å². The molecule has 0 saturated carbocycles. The Morgan fingerprint density at radius 2 is 1.74 bits per heavy atom. The summed E-state index contributed by atoms with van der Waals surface area (Å²) in [6.45, 7) is 8.96. The fraction of sp³-hybridized carbons (Fsp3) is 0.471. The first kappa shape index (κ1) is 17.4. The van der Waals surface area contributed by atoms with E-state index in [1.165, 1.54) is 0 Å². The van der Waals surface area contributed by atoms with Crippen LogP contribution in [0.3, 0.4) is 0 Å². The van der Waals surface area contributed by atoms with Gasteiger partial charge in [0.05, 0.1) is 4.90 Å². The number of amides is 1. The number of hydrogen-bond acceptors (Lipinski definition) is 4. The molecule has 1 amide bonds. The molecule has 124 valence electrons. The molecule has 1 heterocycles. The van der Waals surface area contributed by atoms with E-state index < -0.39 is 28.3 Å². The van der Waals surface area contributed by atoms with Gasteiger partial charge in [-0.05, 0) is 37.8 Å². The van der Waals surface area contributed by atoms with Crippen molar-refractivity contribution in [3.63, 3.8) is 0 Å². The number of aryl methyl sites for hydroxylation is 3. The highest BCUT2D eigenvalue weighted by Gasteiger charge is 2.50. The molecule has 5 nitrogen and oxygen atoms in total. The first-order valence-electron chi connectivity index (χ1n) is 7.40. The highest BCUT2D eigenvalue weighted by Crippen LogP contribution is 2.34. The summed E-state index contributed by atoms with van der Waals surface area (Å²) in [5.74, 6) is 2.20. The maximum Gasteiger partial charge on any atom is 0.425 e. The van der Waals surface area contributed by atoms with Crippen LogP contribution < -0.4 is 0 Å². The first-order chi connectivity index (χ1) is 10.6. The summed E-state index contributed by atoms with van der Waals surface area (Å²) in [5, 5.41) is 0. The molecule has 1 aliphatic heterocycles. The van der Waals surface area contributed by atoms with Gasteiger partial charge in [-0.3, -0.25) is 0 Å². The van der Waals surface area contributed by atoms with Gasteiger partial charge in [-0.1, -0.05) is 37.5 Å². The Hall–Kier alpha value is -2.00. The lowest BCUT2D eigenvalue weighted by molar-refractivity contribution is 0.152. The number of carbonyl (C=O) groups is 1. The van der Waals surface area contributed by atoms with Crippen molar-refractivity contribution >= 4 is 16.1 Å². The van der Waals surface area contributed by atoms with Crippen molar-refractivity contribution in [3.8, 4) is 12.3 Å². The van der Waals surface area contributed by atoms with E-state index in [0.717, 1.165) is 9.87 Å². The predicted octanol–water partition coefficient (Wildman–Crippen LogP) is 2.78. The summed E-state index contributed by atoms with van der Waals surface area (Å²) in [4.78, 5) is 12.3. The van der Waals surface area contributed by atoms with Crippen LogP contribution >= 0.6 is 0 Å². The van der Waals surface area contributed by atoms with E-state index in [1.54, 1.807) is 26.0 Å². The van der Waals surface area contributed by atoms with Gasteiger partial charge in [0.2, 0.25) is 0 Å². The SMILES string of the molecule is C#C[C@@H]1OC(=O)N(S(=O)(=O)c2c(C)cc(C)cc2C)[C@H]1C(C)C. The summed E-state index contributed by atoms with van der Waals surface area (Å²) >= 11 is 0. The second-order valence-electron chi connectivity index (χ2n) is 6.23. The number of rotatable bonds is 3. The van der Waals surface area contributed by atoms with Crippen LogP contribution in [0.25, 0.3) is 0 Å². The zero-order chi connectivity index (χ0) is 17.5.